The smallest absolute Gasteiger partial charge is 0.327 e. The summed E-state index contributed by atoms with van der Waals surface area (Å²) < 4.78 is 11.0. The van der Waals surface area contributed by atoms with Crippen molar-refractivity contribution in [3.63, 3.8) is 0 Å². The predicted molar refractivity (Wildman–Crippen MR) is 172 cm³/mol. The fraction of sp³-hybridized carbons (Fsp3) is 0.147. The molecule has 4 aromatic rings. The highest BCUT2D eigenvalue weighted by Gasteiger charge is 2.54. The minimum Gasteiger partial charge on any atom is -0.864 e. The van der Waals surface area contributed by atoms with Crippen molar-refractivity contribution >= 4 is 52.7 Å². The molecular formula is C34H31N2O6PS. The molecular weight excluding hydrogens is 595 g/mol. The van der Waals surface area contributed by atoms with Gasteiger partial charge in [-0.1, -0.05) is 84.6 Å². The van der Waals surface area contributed by atoms with E-state index in [1.54, 1.807) is 31.2 Å². The van der Waals surface area contributed by atoms with Gasteiger partial charge in [-0.2, -0.15) is 0 Å². The van der Waals surface area contributed by atoms with Crippen LogP contribution in [0.3, 0.4) is 0 Å². The van der Waals surface area contributed by atoms with Crippen LogP contribution in [0.1, 0.15) is 6.92 Å². The second-order valence-corrected chi connectivity index (χ2v) is 14.5. The molecule has 2 N–H and O–H groups in total. The summed E-state index contributed by atoms with van der Waals surface area (Å²) in [6.07, 6.45) is 0. The number of thioether (sulfide) groups is 1. The van der Waals surface area contributed by atoms with Gasteiger partial charge in [-0.3, -0.25) is 9.59 Å². The zero-order valence-electron chi connectivity index (χ0n) is 23.9. The molecule has 1 aliphatic heterocycles. The molecule has 1 saturated heterocycles. The lowest BCUT2D eigenvalue weighted by Gasteiger charge is -2.39. The van der Waals surface area contributed by atoms with Crippen LogP contribution in [0.4, 0.5) is 0 Å². The van der Waals surface area contributed by atoms with Crippen molar-refractivity contribution in [1.82, 2.24) is 10.6 Å². The van der Waals surface area contributed by atoms with Gasteiger partial charge < -0.3 is 25.2 Å². The monoisotopic (exact) mass is 626 g/mol. The van der Waals surface area contributed by atoms with Crippen molar-refractivity contribution in [2.75, 3.05) is 13.2 Å². The number of amides is 2. The first-order valence-corrected chi connectivity index (χ1v) is 16.7. The fourth-order valence-electron chi connectivity index (χ4n) is 4.92. The summed E-state index contributed by atoms with van der Waals surface area (Å²) in [5.41, 5.74) is 0. The van der Waals surface area contributed by atoms with E-state index in [0.29, 0.717) is 5.75 Å². The van der Waals surface area contributed by atoms with Crippen LogP contribution in [0.15, 0.2) is 132 Å². The van der Waals surface area contributed by atoms with E-state index in [4.69, 9.17) is 9.47 Å². The quantitative estimate of drug-likeness (QED) is 0.0817. The molecule has 1 heterocycles. The number of carbonyl (C=O) groups excluding carboxylic acids is 3. The van der Waals surface area contributed by atoms with E-state index >= 15 is 0 Å². The van der Waals surface area contributed by atoms with Crippen molar-refractivity contribution < 1.29 is 29.0 Å². The Labute approximate surface area is 260 Å². The molecule has 10 heteroatoms. The molecule has 4 aromatic carbocycles. The Morgan fingerprint density at radius 2 is 1.30 bits per heavy atom. The maximum Gasteiger partial charge on any atom is 0.327 e. The van der Waals surface area contributed by atoms with Crippen LogP contribution in [0.25, 0.3) is 0 Å². The third-order valence-corrected chi connectivity index (χ3v) is 13.1. The highest BCUT2D eigenvalue weighted by Crippen LogP contribution is 2.67. The zero-order valence-corrected chi connectivity index (χ0v) is 25.6. The van der Waals surface area contributed by atoms with Gasteiger partial charge in [0.25, 0.3) is 5.91 Å². The lowest BCUT2D eigenvalue weighted by molar-refractivity contribution is -0.303. The predicted octanol–water partition coefficient (Wildman–Crippen LogP) is 2.83. The normalized spacial score (nSPS) is 16.5. The molecule has 0 aromatic heterocycles. The molecule has 44 heavy (non-hydrogen) atoms. The average molecular weight is 627 g/mol. The first-order chi connectivity index (χ1) is 21.4. The van der Waals surface area contributed by atoms with Crippen LogP contribution in [-0.2, 0) is 19.1 Å². The van der Waals surface area contributed by atoms with Gasteiger partial charge in [0.15, 0.2) is 13.9 Å². The third kappa shape index (κ3) is 6.49. The third-order valence-electron chi connectivity index (χ3n) is 6.93. The lowest BCUT2D eigenvalue weighted by atomic mass is 10.1. The van der Waals surface area contributed by atoms with Crippen LogP contribution >= 0.6 is 19.0 Å². The minimum atomic E-state index is -3.02. The number of rotatable bonds is 12. The number of nitrogens with one attached hydrogen (secondary N) is 2. The van der Waals surface area contributed by atoms with Crippen molar-refractivity contribution in [3.8, 4) is 5.75 Å². The van der Waals surface area contributed by atoms with E-state index in [2.05, 4.69) is 10.6 Å². The molecule has 5 rings (SSSR count). The van der Waals surface area contributed by atoms with Crippen LogP contribution in [0, 0.1) is 0 Å². The topological polar surface area (TPSA) is 117 Å². The minimum absolute atomic E-state index is 0.0240. The van der Waals surface area contributed by atoms with E-state index in [9.17, 15) is 19.5 Å². The summed E-state index contributed by atoms with van der Waals surface area (Å²) in [4.78, 5) is 38.8. The Morgan fingerprint density at radius 3 is 1.75 bits per heavy atom. The van der Waals surface area contributed by atoms with E-state index < -0.39 is 42.2 Å². The second kappa shape index (κ2) is 14.3. The number of hydrogen-bond donors (Lipinski definition) is 2. The molecule has 2 atom stereocenters. The largest absolute Gasteiger partial charge is 0.864 e. The average Bonchev–Trinajstić information content (AvgIpc) is 3.07. The Kier molecular flexibility index (Phi) is 10.00. The van der Waals surface area contributed by atoms with Gasteiger partial charge in [-0.15, -0.1) is 0 Å². The SMILES string of the molecule is CCOC(=O)C([O-])=C(S[C@@H]1NC(=O)[C@@H]1NC(=O)COc1ccccc1)[P+](c1ccccc1)(c1ccccc1)c1ccccc1. The molecule has 0 unspecified atom stereocenters. The molecule has 8 nitrogen and oxygen atoms in total. The summed E-state index contributed by atoms with van der Waals surface area (Å²) in [5, 5.41) is 21.6. The molecule has 1 aliphatic rings. The zero-order chi connectivity index (χ0) is 30.9. The highest BCUT2D eigenvalue weighted by molar-refractivity contribution is 8.19. The summed E-state index contributed by atoms with van der Waals surface area (Å²) in [5.74, 6) is -2.15. The van der Waals surface area contributed by atoms with Gasteiger partial charge >= 0.3 is 5.97 Å². The Bertz CT molecular complexity index is 1520. The number of carbonyl (C=O) groups is 3. The summed E-state index contributed by atoms with van der Waals surface area (Å²) in [6, 6.07) is 36.7. The highest BCUT2D eigenvalue weighted by atomic mass is 32.2. The van der Waals surface area contributed by atoms with Crippen molar-refractivity contribution in [2.24, 2.45) is 0 Å². The molecule has 0 spiro atoms. The number of esters is 1. The Hall–Kier alpha value is -4.59. The van der Waals surface area contributed by atoms with Crippen LogP contribution in [0.5, 0.6) is 5.75 Å². The standard InChI is InChI=1S/C34H31N2O6PS/c1-2-41-33(40)30(38)34(44-32-29(31(39)36-32)35-28(37)23-42-24-15-7-3-8-16-24)43(25-17-9-4-10-18-25,26-19-11-5-12-20-26)27-21-13-6-14-22-27/h3-22,29,32H,2,23H2,1H3,(H2-,35,36,37,38,39)/t29-,32-/m0/s1. The molecule has 0 saturated carbocycles. The van der Waals surface area contributed by atoms with Gasteiger partial charge in [0.2, 0.25) is 5.91 Å². The lowest BCUT2D eigenvalue weighted by Crippen LogP contribution is -2.68. The molecule has 1 fully saturated rings. The van der Waals surface area contributed by atoms with Gasteiger partial charge in [0.1, 0.15) is 37.7 Å². The maximum absolute atomic E-state index is 14.2. The number of β-lactam (4-membered cyclic amide) rings is 1. The van der Waals surface area contributed by atoms with Crippen LogP contribution < -0.4 is 36.4 Å². The van der Waals surface area contributed by atoms with E-state index in [-0.39, 0.29) is 17.9 Å². The van der Waals surface area contributed by atoms with Gasteiger partial charge in [-0.05, 0) is 55.5 Å². The molecule has 2 amide bonds. The first kappa shape index (κ1) is 30.9. The number of hydrogen-bond acceptors (Lipinski definition) is 7. The fourth-order valence-corrected chi connectivity index (χ4v) is 11.6. The second-order valence-electron chi connectivity index (χ2n) is 9.73. The maximum atomic E-state index is 14.2. The number of para-hydroxylation sites is 1. The van der Waals surface area contributed by atoms with Crippen molar-refractivity contribution in [3.05, 3.63) is 132 Å². The molecule has 0 bridgehead atoms. The van der Waals surface area contributed by atoms with Crippen molar-refractivity contribution in [1.29, 1.82) is 0 Å². The summed E-state index contributed by atoms with van der Waals surface area (Å²) in [6.45, 7) is 1.37. The number of ether oxygens (including phenoxy) is 2. The van der Waals surface area contributed by atoms with Crippen LogP contribution in [-0.4, -0.2) is 42.4 Å². The Morgan fingerprint density at radius 1 is 0.818 bits per heavy atom. The van der Waals surface area contributed by atoms with Crippen molar-refractivity contribution in [2.45, 2.75) is 18.3 Å². The molecule has 0 radical (unpaired) electrons. The van der Waals surface area contributed by atoms with Gasteiger partial charge in [-0.25, -0.2) is 4.79 Å². The van der Waals surface area contributed by atoms with Crippen LogP contribution in [0.2, 0.25) is 0 Å². The van der Waals surface area contributed by atoms with E-state index in [1.807, 2.05) is 97.1 Å². The molecule has 0 aliphatic carbocycles. The van der Waals surface area contributed by atoms with E-state index in [1.165, 1.54) is 0 Å². The van der Waals surface area contributed by atoms with Gasteiger partial charge in [0, 0.05) is 5.76 Å². The molecule has 224 valence electrons. The summed E-state index contributed by atoms with van der Waals surface area (Å²) in [7, 11) is -3.02. The first-order valence-electron chi connectivity index (χ1n) is 14.0. The number of benzene rings is 4. The van der Waals surface area contributed by atoms with E-state index in [0.717, 1.165) is 27.7 Å². The summed E-state index contributed by atoms with van der Waals surface area (Å²) >= 11 is 1.08. The Balaban J connectivity index is 1.58. The van der Waals surface area contributed by atoms with Gasteiger partial charge in [0.05, 0.1) is 6.61 Å².